The molecule has 0 fully saturated rings. The molecule has 14 heavy (non-hydrogen) atoms. The van der Waals surface area contributed by atoms with Gasteiger partial charge in [0.15, 0.2) is 0 Å². The van der Waals surface area contributed by atoms with Gasteiger partial charge in [-0.25, -0.2) is 0 Å². The fraction of sp³-hybridized carbons (Fsp3) is 0.308. The Morgan fingerprint density at radius 1 is 1.36 bits per heavy atom. The standard InChI is InChI=1S/C13H16O/c1-4-10(2)13(14)11(3)12-8-6-5-7-9-12/h5-9,11,13-14H,1H2,2-3H3. The lowest BCUT2D eigenvalue weighted by molar-refractivity contribution is 0.185. The molecule has 0 saturated heterocycles. The predicted molar refractivity (Wildman–Crippen MR) is 59.2 cm³/mol. The van der Waals surface area contributed by atoms with Crippen LogP contribution in [0.2, 0.25) is 0 Å². The van der Waals surface area contributed by atoms with Crippen LogP contribution in [0, 0.1) is 0 Å². The van der Waals surface area contributed by atoms with Gasteiger partial charge in [-0.1, -0.05) is 43.8 Å². The summed E-state index contributed by atoms with van der Waals surface area (Å²) in [4.78, 5) is 0. The van der Waals surface area contributed by atoms with E-state index in [0.29, 0.717) is 0 Å². The zero-order valence-electron chi connectivity index (χ0n) is 8.70. The molecule has 1 aromatic rings. The Kier molecular flexibility index (Phi) is 3.70. The van der Waals surface area contributed by atoms with Gasteiger partial charge in [0.1, 0.15) is 0 Å². The molecule has 2 atom stereocenters. The second kappa shape index (κ2) is 4.80. The van der Waals surface area contributed by atoms with Gasteiger partial charge in [-0.05, 0) is 18.1 Å². The molecule has 0 amide bonds. The highest BCUT2D eigenvalue weighted by Gasteiger charge is 2.16. The van der Waals surface area contributed by atoms with Crippen LogP contribution >= 0.6 is 0 Å². The third kappa shape index (κ3) is 2.35. The average molecular weight is 188 g/mol. The molecule has 1 N–H and O–H groups in total. The van der Waals surface area contributed by atoms with Gasteiger partial charge in [-0.3, -0.25) is 0 Å². The molecule has 0 aliphatic heterocycles. The molecule has 2 unspecified atom stereocenters. The topological polar surface area (TPSA) is 20.2 Å². The predicted octanol–water partition coefficient (Wildman–Crippen LogP) is 2.88. The maximum absolute atomic E-state index is 9.90. The van der Waals surface area contributed by atoms with Crippen LogP contribution in [0.5, 0.6) is 0 Å². The number of hydrogen-bond acceptors (Lipinski definition) is 1. The minimum atomic E-state index is -0.491. The van der Waals surface area contributed by atoms with Crippen molar-refractivity contribution < 1.29 is 5.11 Å². The fourth-order valence-electron chi connectivity index (χ4n) is 1.42. The highest BCUT2D eigenvalue weighted by molar-refractivity contribution is 5.23. The zero-order valence-corrected chi connectivity index (χ0v) is 8.70. The summed E-state index contributed by atoms with van der Waals surface area (Å²) in [5.41, 5.74) is 4.66. The Morgan fingerprint density at radius 2 is 1.93 bits per heavy atom. The van der Waals surface area contributed by atoms with E-state index < -0.39 is 6.10 Å². The average Bonchev–Trinajstić information content (AvgIpc) is 2.27. The summed E-state index contributed by atoms with van der Waals surface area (Å²) < 4.78 is 0. The number of rotatable bonds is 3. The van der Waals surface area contributed by atoms with Crippen LogP contribution < -0.4 is 0 Å². The third-order valence-electron chi connectivity index (χ3n) is 2.52. The van der Waals surface area contributed by atoms with Crippen molar-refractivity contribution in [2.75, 3.05) is 0 Å². The van der Waals surface area contributed by atoms with E-state index in [9.17, 15) is 5.11 Å². The van der Waals surface area contributed by atoms with Crippen LogP contribution in [-0.4, -0.2) is 11.2 Å². The van der Waals surface area contributed by atoms with Crippen molar-refractivity contribution in [1.29, 1.82) is 0 Å². The van der Waals surface area contributed by atoms with Crippen molar-refractivity contribution in [3.8, 4) is 0 Å². The minimum Gasteiger partial charge on any atom is -0.387 e. The highest BCUT2D eigenvalue weighted by atomic mass is 16.3. The summed E-state index contributed by atoms with van der Waals surface area (Å²) in [6.45, 7) is 7.38. The van der Waals surface area contributed by atoms with Gasteiger partial charge in [0.2, 0.25) is 0 Å². The smallest absolute Gasteiger partial charge is 0.0886 e. The monoisotopic (exact) mass is 188 g/mol. The number of hydrogen-bond donors (Lipinski definition) is 1. The van der Waals surface area contributed by atoms with Crippen molar-refractivity contribution in [1.82, 2.24) is 0 Å². The first-order chi connectivity index (χ1) is 6.66. The lowest BCUT2D eigenvalue weighted by atomic mass is 9.92. The van der Waals surface area contributed by atoms with Crippen LogP contribution in [0.4, 0.5) is 0 Å². The summed E-state index contributed by atoms with van der Waals surface area (Å²) in [5, 5.41) is 9.90. The maximum atomic E-state index is 9.90. The first-order valence-corrected chi connectivity index (χ1v) is 4.76. The summed E-state index contributed by atoms with van der Waals surface area (Å²) in [6.07, 6.45) is -0.491. The van der Waals surface area contributed by atoms with Gasteiger partial charge >= 0.3 is 0 Å². The van der Waals surface area contributed by atoms with Crippen LogP contribution in [-0.2, 0) is 0 Å². The molecule has 0 radical (unpaired) electrons. The first-order valence-electron chi connectivity index (χ1n) is 4.76. The number of aliphatic hydroxyl groups excluding tert-OH is 1. The van der Waals surface area contributed by atoms with Crippen molar-refractivity contribution in [3.05, 3.63) is 53.8 Å². The SMILES string of the molecule is C=C=C(C)C(O)C(C)c1ccccc1. The third-order valence-corrected chi connectivity index (χ3v) is 2.52. The molecular formula is C13H16O. The molecule has 0 aliphatic carbocycles. The van der Waals surface area contributed by atoms with Gasteiger partial charge in [0.05, 0.1) is 6.10 Å². The Labute approximate surface area is 85.4 Å². The molecule has 1 nitrogen and oxygen atoms in total. The molecule has 0 bridgehead atoms. The molecule has 0 heterocycles. The maximum Gasteiger partial charge on any atom is 0.0886 e. The largest absolute Gasteiger partial charge is 0.387 e. The van der Waals surface area contributed by atoms with E-state index in [0.717, 1.165) is 11.1 Å². The van der Waals surface area contributed by atoms with Gasteiger partial charge < -0.3 is 5.11 Å². The molecule has 1 rings (SSSR count). The lowest BCUT2D eigenvalue weighted by Gasteiger charge is -2.18. The molecule has 0 aliphatic rings. The van der Waals surface area contributed by atoms with Crippen molar-refractivity contribution in [2.24, 2.45) is 0 Å². The summed E-state index contributed by atoms with van der Waals surface area (Å²) in [7, 11) is 0. The molecule has 1 aromatic carbocycles. The number of aliphatic hydroxyl groups is 1. The lowest BCUT2D eigenvalue weighted by Crippen LogP contribution is -2.16. The zero-order chi connectivity index (χ0) is 10.6. The van der Waals surface area contributed by atoms with E-state index in [1.165, 1.54) is 0 Å². The summed E-state index contributed by atoms with van der Waals surface area (Å²) >= 11 is 0. The highest BCUT2D eigenvalue weighted by Crippen LogP contribution is 2.22. The van der Waals surface area contributed by atoms with Crippen LogP contribution in [0.1, 0.15) is 25.3 Å². The molecular weight excluding hydrogens is 172 g/mol. The van der Waals surface area contributed by atoms with Crippen LogP contribution in [0.25, 0.3) is 0 Å². The molecule has 0 aromatic heterocycles. The quantitative estimate of drug-likeness (QED) is 0.723. The van der Waals surface area contributed by atoms with E-state index in [2.05, 4.69) is 12.3 Å². The summed E-state index contributed by atoms with van der Waals surface area (Å²) in [6, 6.07) is 9.96. The van der Waals surface area contributed by atoms with Gasteiger partial charge in [0, 0.05) is 5.92 Å². The molecule has 0 saturated carbocycles. The van der Waals surface area contributed by atoms with E-state index >= 15 is 0 Å². The normalized spacial score (nSPS) is 14.2. The minimum absolute atomic E-state index is 0.0884. The Balaban J connectivity index is 2.86. The van der Waals surface area contributed by atoms with Crippen molar-refractivity contribution in [3.63, 3.8) is 0 Å². The van der Waals surface area contributed by atoms with Gasteiger partial charge in [0.25, 0.3) is 0 Å². The van der Waals surface area contributed by atoms with E-state index in [-0.39, 0.29) is 5.92 Å². The van der Waals surface area contributed by atoms with Crippen LogP contribution in [0.3, 0.4) is 0 Å². The number of benzene rings is 1. The van der Waals surface area contributed by atoms with E-state index in [1.807, 2.05) is 44.2 Å². The molecule has 0 spiro atoms. The Hall–Kier alpha value is -1.30. The fourth-order valence-corrected chi connectivity index (χ4v) is 1.42. The van der Waals surface area contributed by atoms with Crippen molar-refractivity contribution >= 4 is 0 Å². The second-order valence-corrected chi connectivity index (χ2v) is 3.50. The van der Waals surface area contributed by atoms with Crippen LogP contribution in [0.15, 0.2) is 48.2 Å². The summed E-state index contributed by atoms with van der Waals surface area (Å²) in [5.74, 6) is 0.0884. The Morgan fingerprint density at radius 3 is 2.43 bits per heavy atom. The second-order valence-electron chi connectivity index (χ2n) is 3.50. The molecule has 74 valence electrons. The van der Waals surface area contributed by atoms with Gasteiger partial charge in [-0.2, -0.15) is 0 Å². The van der Waals surface area contributed by atoms with E-state index in [4.69, 9.17) is 0 Å². The van der Waals surface area contributed by atoms with E-state index in [1.54, 1.807) is 0 Å². The van der Waals surface area contributed by atoms with Gasteiger partial charge in [-0.15, -0.1) is 5.73 Å². The van der Waals surface area contributed by atoms with Crippen molar-refractivity contribution in [2.45, 2.75) is 25.9 Å². The first kappa shape index (κ1) is 10.8. The Bertz CT molecular complexity index is 334. The molecule has 1 heteroatoms.